The van der Waals surface area contributed by atoms with Crippen LogP contribution in [0.3, 0.4) is 0 Å². The van der Waals surface area contributed by atoms with Crippen molar-refractivity contribution in [3.63, 3.8) is 0 Å². The molecule has 9 heteroatoms. The molecule has 0 aliphatic rings. The quantitative estimate of drug-likeness (QED) is 0.258. The van der Waals surface area contributed by atoms with Gasteiger partial charge in [0, 0.05) is 12.8 Å². The van der Waals surface area contributed by atoms with E-state index in [2.05, 4.69) is 5.32 Å². The van der Waals surface area contributed by atoms with Crippen molar-refractivity contribution in [2.45, 2.75) is 37.6 Å². The van der Waals surface area contributed by atoms with Crippen LogP contribution < -0.4 is 11.1 Å². The third kappa shape index (κ3) is 6.78. The second kappa shape index (κ2) is 7.58. The van der Waals surface area contributed by atoms with Gasteiger partial charge in [-0.15, -0.1) is 0 Å². The molecule has 0 aromatic carbocycles. The molecule has 3 atom stereocenters. The molecule has 0 spiro atoms. The first-order valence-electron chi connectivity index (χ1n) is 5.11. The molecule has 0 aliphatic carbocycles. The van der Waals surface area contributed by atoms with Crippen LogP contribution in [0.2, 0.25) is 0 Å². The summed E-state index contributed by atoms with van der Waals surface area (Å²) in [5.74, 6) is -3.83. The van der Waals surface area contributed by atoms with E-state index in [0.29, 0.717) is 0 Å². The lowest BCUT2D eigenvalue weighted by molar-refractivity contribution is -0.141. The van der Waals surface area contributed by atoms with E-state index in [4.69, 9.17) is 21.1 Å². The van der Waals surface area contributed by atoms with E-state index in [1.165, 1.54) is 0 Å². The number of aliphatic hydroxyl groups excluding tert-OH is 1. The third-order valence-corrected chi connectivity index (χ3v) is 2.13. The van der Waals surface area contributed by atoms with Gasteiger partial charge in [-0.3, -0.25) is 19.7 Å². The molecule has 0 radical (unpaired) electrons. The first-order chi connectivity index (χ1) is 8.23. The molecule has 0 saturated carbocycles. The number of hydrogen-bond donors (Lipinski definition) is 6. The Labute approximate surface area is 102 Å². The molecular weight excluding hydrogens is 248 g/mol. The summed E-state index contributed by atoms with van der Waals surface area (Å²) in [7, 11) is 0. The Morgan fingerprint density at radius 2 is 1.67 bits per heavy atom. The molecule has 0 aliphatic heterocycles. The number of aliphatic carboxylic acids is 3. The van der Waals surface area contributed by atoms with Crippen LogP contribution in [0.1, 0.15) is 19.3 Å². The van der Waals surface area contributed by atoms with Gasteiger partial charge >= 0.3 is 17.9 Å². The molecule has 9 nitrogen and oxygen atoms in total. The molecular formula is C9H16N2O7. The second-order valence-corrected chi connectivity index (χ2v) is 3.69. The fourth-order valence-corrected chi connectivity index (χ4v) is 1.19. The minimum atomic E-state index is -1.44. The zero-order valence-electron chi connectivity index (χ0n) is 9.44. The molecule has 0 heterocycles. The van der Waals surface area contributed by atoms with E-state index in [-0.39, 0.29) is 19.3 Å². The maximum absolute atomic E-state index is 10.8. The van der Waals surface area contributed by atoms with Gasteiger partial charge in [-0.05, 0) is 6.42 Å². The van der Waals surface area contributed by atoms with E-state index in [9.17, 15) is 19.5 Å². The summed E-state index contributed by atoms with van der Waals surface area (Å²) in [6.45, 7) is 0. The number of hydrogen-bond acceptors (Lipinski definition) is 6. The van der Waals surface area contributed by atoms with E-state index >= 15 is 0 Å². The first kappa shape index (κ1) is 16.3. The Bertz CT molecular complexity index is 320. The van der Waals surface area contributed by atoms with Crippen molar-refractivity contribution in [3.8, 4) is 0 Å². The molecule has 0 aromatic rings. The summed E-state index contributed by atoms with van der Waals surface area (Å²) < 4.78 is 0. The predicted octanol–water partition coefficient (Wildman–Crippen LogP) is -1.99. The lowest BCUT2D eigenvalue weighted by Crippen LogP contribution is -2.47. The Morgan fingerprint density at radius 1 is 1.11 bits per heavy atom. The minimum absolute atomic E-state index is 0.232. The Morgan fingerprint density at radius 3 is 2.06 bits per heavy atom. The van der Waals surface area contributed by atoms with Crippen molar-refractivity contribution in [2.24, 2.45) is 5.73 Å². The Balaban J connectivity index is 4.27. The highest BCUT2D eigenvalue weighted by atomic mass is 16.4. The molecule has 0 aromatic heterocycles. The van der Waals surface area contributed by atoms with Crippen molar-refractivity contribution in [3.05, 3.63) is 0 Å². The Kier molecular flexibility index (Phi) is 6.86. The van der Waals surface area contributed by atoms with Gasteiger partial charge in [0.1, 0.15) is 18.3 Å². The number of carboxylic acid groups (broad SMARTS) is 3. The fraction of sp³-hybridized carbons (Fsp3) is 0.667. The third-order valence-electron chi connectivity index (χ3n) is 2.13. The van der Waals surface area contributed by atoms with E-state index in [1.54, 1.807) is 0 Å². The number of aliphatic hydroxyl groups is 1. The molecule has 7 N–H and O–H groups in total. The number of rotatable bonds is 9. The highest BCUT2D eigenvalue weighted by Crippen LogP contribution is 2.02. The van der Waals surface area contributed by atoms with E-state index < -0.39 is 36.2 Å². The standard InChI is InChI=1S/C9H16N2O7/c10-4(8(15)16)3-6(12)11-5(9(17)18)1-2-7(13)14/h4-6,11-12H,1-3,10H2,(H,13,14)(H,15,16)(H,17,18)/t4-,5+,6?/m0/s1. The molecule has 0 fully saturated rings. The summed E-state index contributed by atoms with van der Waals surface area (Å²) in [6.07, 6.45) is -2.44. The van der Waals surface area contributed by atoms with Gasteiger partial charge in [-0.2, -0.15) is 0 Å². The van der Waals surface area contributed by atoms with Crippen LogP contribution in [-0.2, 0) is 14.4 Å². The zero-order valence-corrected chi connectivity index (χ0v) is 9.44. The first-order valence-corrected chi connectivity index (χ1v) is 5.11. The average Bonchev–Trinajstić information content (AvgIpc) is 2.23. The monoisotopic (exact) mass is 264 g/mol. The minimum Gasteiger partial charge on any atom is -0.481 e. The number of carbonyl (C=O) groups is 3. The summed E-state index contributed by atoms with van der Waals surface area (Å²) in [6, 6.07) is -2.61. The number of carboxylic acids is 3. The lowest BCUT2D eigenvalue weighted by Gasteiger charge is -2.20. The van der Waals surface area contributed by atoms with Crippen LogP contribution in [0, 0.1) is 0 Å². The molecule has 0 saturated heterocycles. The summed E-state index contributed by atoms with van der Waals surface area (Å²) in [5.41, 5.74) is 5.15. The topological polar surface area (TPSA) is 170 Å². The van der Waals surface area contributed by atoms with Crippen molar-refractivity contribution in [1.82, 2.24) is 5.32 Å². The van der Waals surface area contributed by atoms with Crippen LogP contribution in [0.15, 0.2) is 0 Å². The maximum Gasteiger partial charge on any atom is 0.320 e. The van der Waals surface area contributed by atoms with Gasteiger partial charge in [0.2, 0.25) is 0 Å². The lowest BCUT2D eigenvalue weighted by atomic mass is 10.1. The fourth-order valence-electron chi connectivity index (χ4n) is 1.19. The van der Waals surface area contributed by atoms with Crippen LogP contribution in [0.4, 0.5) is 0 Å². The van der Waals surface area contributed by atoms with E-state index in [1.807, 2.05) is 0 Å². The van der Waals surface area contributed by atoms with Gasteiger partial charge in [-0.1, -0.05) is 0 Å². The average molecular weight is 264 g/mol. The second-order valence-electron chi connectivity index (χ2n) is 3.69. The maximum atomic E-state index is 10.8. The van der Waals surface area contributed by atoms with Crippen molar-refractivity contribution < 1.29 is 34.8 Å². The highest BCUT2D eigenvalue weighted by Gasteiger charge is 2.24. The highest BCUT2D eigenvalue weighted by molar-refractivity contribution is 5.75. The molecule has 0 bridgehead atoms. The van der Waals surface area contributed by atoms with Gasteiger partial charge in [0.05, 0.1) is 0 Å². The van der Waals surface area contributed by atoms with Crippen molar-refractivity contribution in [2.75, 3.05) is 0 Å². The molecule has 104 valence electrons. The zero-order chi connectivity index (χ0) is 14.3. The normalized spacial score (nSPS) is 15.7. The van der Waals surface area contributed by atoms with Crippen LogP contribution in [0.25, 0.3) is 0 Å². The van der Waals surface area contributed by atoms with Gasteiger partial charge in [-0.25, -0.2) is 0 Å². The summed E-state index contributed by atoms with van der Waals surface area (Å²) in [4.78, 5) is 31.5. The van der Waals surface area contributed by atoms with Crippen LogP contribution >= 0.6 is 0 Å². The molecule has 18 heavy (non-hydrogen) atoms. The van der Waals surface area contributed by atoms with Gasteiger partial charge in [0.15, 0.2) is 0 Å². The molecule has 0 amide bonds. The summed E-state index contributed by atoms with van der Waals surface area (Å²) >= 11 is 0. The predicted molar refractivity (Wildman–Crippen MR) is 57.7 cm³/mol. The number of nitrogens with two attached hydrogens (primary N) is 1. The van der Waals surface area contributed by atoms with Crippen LogP contribution in [0.5, 0.6) is 0 Å². The Hall–Kier alpha value is -1.71. The molecule has 1 unspecified atom stereocenters. The largest absolute Gasteiger partial charge is 0.481 e. The van der Waals surface area contributed by atoms with Gasteiger partial charge in [0.25, 0.3) is 0 Å². The van der Waals surface area contributed by atoms with Gasteiger partial charge < -0.3 is 26.2 Å². The number of nitrogens with one attached hydrogen (secondary N) is 1. The molecule has 0 rings (SSSR count). The SMILES string of the molecule is N[C@@H](CC(O)N[C@H](CCC(=O)O)C(=O)O)C(=O)O. The summed E-state index contributed by atoms with van der Waals surface area (Å²) in [5, 5.41) is 37.3. The van der Waals surface area contributed by atoms with Crippen LogP contribution in [-0.4, -0.2) is 56.6 Å². The van der Waals surface area contributed by atoms with Crippen molar-refractivity contribution >= 4 is 17.9 Å². The van der Waals surface area contributed by atoms with Crippen molar-refractivity contribution in [1.29, 1.82) is 0 Å². The smallest absolute Gasteiger partial charge is 0.320 e. The van der Waals surface area contributed by atoms with E-state index in [0.717, 1.165) is 0 Å².